The van der Waals surface area contributed by atoms with Gasteiger partial charge in [0.25, 0.3) is 11.5 Å². The molecule has 1 aliphatic rings. The molecular weight excluding hydrogens is 508 g/mol. The first-order valence-electron chi connectivity index (χ1n) is 11.5. The fourth-order valence-corrected chi connectivity index (χ4v) is 4.56. The Bertz CT molecular complexity index is 1560. The molecule has 4 aromatic rings. The Morgan fingerprint density at radius 2 is 2.03 bits per heavy atom. The highest BCUT2D eigenvalue weighted by Gasteiger charge is 2.42. The highest BCUT2D eigenvalue weighted by Crippen LogP contribution is 2.34. The third-order valence-corrected chi connectivity index (χ3v) is 5.94. The lowest BCUT2D eigenvalue weighted by atomic mass is 10.0. The minimum absolute atomic E-state index is 0.0295. The number of alkyl halides is 2. The van der Waals surface area contributed by atoms with E-state index in [0.29, 0.717) is 16.4 Å². The van der Waals surface area contributed by atoms with Gasteiger partial charge in [0.1, 0.15) is 22.1 Å². The van der Waals surface area contributed by atoms with Crippen molar-refractivity contribution in [2.45, 2.75) is 44.8 Å². The molecule has 13 heteroatoms. The van der Waals surface area contributed by atoms with E-state index in [0.717, 1.165) is 0 Å². The van der Waals surface area contributed by atoms with Crippen LogP contribution >= 0.6 is 11.6 Å². The molecule has 3 N–H and O–H groups in total. The maximum Gasteiger partial charge on any atom is 0.407 e. The molecule has 1 aliphatic heterocycles. The van der Waals surface area contributed by atoms with Crippen molar-refractivity contribution in [1.82, 2.24) is 30.2 Å². The molecule has 0 bridgehead atoms. The number of hydrogen-bond donors (Lipinski definition) is 3. The van der Waals surface area contributed by atoms with E-state index in [4.69, 9.17) is 16.3 Å². The minimum Gasteiger partial charge on any atom is -0.444 e. The van der Waals surface area contributed by atoms with Gasteiger partial charge in [0, 0.05) is 36.8 Å². The Kier molecular flexibility index (Phi) is 6.01. The van der Waals surface area contributed by atoms with Crippen LogP contribution in [0.3, 0.4) is 0 Å². The molecule has 1 amide bonds. The summed E-state index contributed by atoms with van der Waals surface area (Å²) in [6, 6.07) is 3.91. The van der Waals surface area contributed by atoms with Crippen molar-refractivity contribution in [2.24, 2.45) is 0 Å². The van der Waals surface area contributed by atoms with Crippen LogP contribution in [0.1, 0.15) is 27.2 Å². The smallest absolute Gasteiger partial charge is 0.407 e. The summed E-state index contributed by atoms with van der Waals surface area (Å²) in [6.45, 7) is 4.45. The second kappa shape index (κ2) is 8.94. The number of carbonyl (C=O) groups excluding carboxylic acids is 1. The summed E-state index contributed by atoms with van der Waals surface area (Å²) < 4.78 is 34.8. The zero-order valence-corrected chi connectivity index (χ0v) is 21.0. The number of amides is 1. The molecule has 1 atom stereocenters. The quantitative estimate of drug-likeness (QED) is 0.337. The molecule has 1 saturated heterocycles. The molecule has 0 saturated carbocycles. The fraction of sp³-hybridized carbons (Fsp3) is 0.375. The number of carbonyl (C=O) groups is 1. The molecule has 194 valence electrons. The van der Waals surface area contributed by atoms with Crippen molar-refractivity contribution >= 4 is 45.4 Å². The number of anilines is 1. The maximum absolute atomic E-state index is 14.8. The van der Waals surface area contributed by atoms with Crippen molar-refractivity contribution in [2.75, 3.05) is 18.0 Å². The molecule has 5 heterocycles. The second-order valence-electron chi connectivity index (χ2n) is 10.0. The molecule has 0 aromatic carbocycles. The molecule has 4 aromatic heterocycles. The van der Waals surface area contributed by atoms with Crippen molar-refractivity contribution in [3.8, 4) is 11.4 Å². The summed E-state index contributed by atoms with van der Waals surface area (Å²) in [4.78, 5) is 45.0. The van der Waals surface area contributed by atoms with Crippen LogP contribution in [0.4, 0.5) is 19.4 Å². The third kappa shape index (κ3) is 5.33. The monoisotopic (exact) mass is 531 g/mol. The van der Waals surface area contributed by atoms with Gasteiger partial charge in [-0.3, -0.25) is 9.78 Å². The molecular formula is C24H24ClF2N7O3. The number of alkyl carbamates (subject to hydrolysis) is 1. The Hall–Kier alpha value is -3.80. The number of aromatic amines is 2. The van der Waals surface area contributed by atoms with Crippen molar-refractivity contribution in [1.29, 1.82) is 0 Å². The van der Waals surface area contributed by atoms with E-state index >= 15 is 0 Å². The van der Waals surface area contributed by atoms with E-state index in [1.54, 1.807) is 45.3 Å². The van der Waals surface area contributed by atoms with E-state index in [1.165, 1.54) is 11.0 Å². The van der Waals surface area contributed by atoms with Gasteiger partial charge in [-0.1, -0.05) is 11.6 Å². The number of piperidine rings is 1. The summed E-state index contributed by atoms with van der Waals surface area (Å²) in [5, 5.41) is 3.28. The first-order chi connectivity index (χ1) is 17.4. The van der Waals surface area contributed by atoms with Gasteiger partial charge >= 0.3 is 6.09 Å². The van der Waals surface area contributed by atoms with Gasteiger partial charge in [0.05, 0.1) is 29.2 Å². The van der Waals surface area contributed by atoms with Gasteiger partial charge in [0.2, 0.25) is 0 Å². The number of hydrogen-bond acceptors (Lipinski definition) is 7. The summed E-state index contributed by atoms with van der Waals surface area (Å²) in [5.41, 5.74) is 0.380. The highest BCUT2D eigenvalue weighted by atomic mass is 35.5. The molecule has 0 aliphatic carbocycles. The van der Waals surface area contributed by atoms with Crippen LogP contribution in [-0.2, 0) is 4.74 Å². The number of H-pyrrole nitrogens is 2. The number of aromatic nitrogens is 5. The van der Waals surface area contributed by atoms with Crippen LogP contribution < -0.4 is 15.8 Å². The number of nitrogens with zero attached hydrogens (tertiary/aromatic N) is 4. The van der Waals surface area contributed by atoms with E-state index in [1.807, 2.05) is 0 Å². The van der Waals surface area contributed by atoms with Gasteiger partial charge in [-0.2, -0.15) is 0 Å². The van der Waals surface area contributed by atoms with E-state index < -0.39 is 36.6 Å². The molecule has 10 nitrogen and oxygen atoms in total. The van der Waals surface area contributed by atoms with Gasteiger partial charge in [-0.25, -0.2) is 23.5 Å². The Morgan fingerprint density at radius 3 is 2.78 bits per heavy atom. The zero-order valence-electron chi connectivity index (χ0n) is 20.2. The van der Waals surface area contributed by atoms with E-state index in [2.05, 4.69) is 30.2 Å². The van der Waals surface area contributed by atoms with Crippen LogP contribution in [0.2, 0.25) is 5.15 Å². The molecule has 0 spiro atoms. The Morgan fingerprint density at radius 1 is 1.24 bits per heavy atom. The lowest BCUT2D eigenvalue weighted by molar-refractivity contribution is -0.0231. The normalized spacial score (nSPS) is 17.8. The molecule has 0 radical (unpaired) electrons. The minimum atomic E-state index is -3.13. The first kappa shape index (κ1) is 24.9. The van der Waals surface area contributed by atoms with Crippen LogP contribution in [0.15, 0.2) is 35.4 Å². The largest absolute Gasteiger partial charge is 0.444 e. The first-order valence-corrected chi connectivity index (χ1v) is 11.9. The number of pyridine rings is 3. The topological polar surface area (TPSA) is 129 Å². The lowest BCUT2D eigenvalue weighted by Crippen LogP contribution is -2.56. The number of halogens is 3. The van der Waals surface area contributed by atoms with Crippen molar-refractivity contribution < 1.29 is 18.3 Å². The average molecular weight is 532 g/mol. The van der Waals surface area contributed by atoms with Gasteiger partial charge < -0.3 is 24.9 Å². The zero-order chi connectivity index (χ0) is 26.5. The molecule has 5 rings (SSSR count). The number of nitrogens with one attached hydrogen (secondary N) is 3. The number of imidazole rings is 1. The van der Waals surface area contributed by atoms with E-state index in [9.17, 15) is 18.4 Å². The standard InChI is InChI=1S/C24H24ClF2N7O3/c1-23(2,3)37-22(36)29-13-8-24(26,27)11-34(10-13)20-18-16(7-17(25)32-20)30-19(33-18)14-6-12-9-28-5-4-15(12)31-21(14)35/h4-7,9,13H,8,10-11H2,1-3H3,(H,29,36)(H,30,33)(H,31,35). The number of fused-ring (bicyclic) bond motifs is 2. The summed E-state index contributed by atoms with van der Waals surface area (Å²) >= 11 is 6.23. The molecule has 37 heavy (non-hydrogen) atoms. The maximum atomic E-state index is 14.8. The predicted octanol–water partition coefficient (Wildman–Crippen LogP) is 4.25. The summed E-state index contributed by atoms with van der Waals surface area (Å²) in [6.07, 6.45) is 1.83. The van der Waals surface area contributed by atoms with E-state index in [-0.39, 0.29) is 40.0 Å². The predicted molar refractivity (Wildman–Crippen MR) is 135 cm³/mol. The summed E-state index contributed by atoms with van der Waals surface area (Å²) in [7, 11) is 0. The molecule has 1 unspecified atom stereocenters. The van der Waals surface area contributed by atoms with Crippen LogP contribution in [0.5, 0.6) is 0 Å². The molecule has 1 fully saturated rings. The van der Waals surface area contributed by atoms with Crippen molar-refractivity contribution in [3.63, 3.8) is 0 Å². The summed E-state index contributed by atoms with van der Waals surface area (Å²) in [5.74, 6) is -2.80. The fourth-order valence-electron chi connectivity index (χ4n) is 4.37. The number of rotatable bonds is 3. The van der Waals surface area contributed by atoms with Crippen LogP contribution in [0.25, 0.3) is 33.3 Å². The van der Waals surface area contributed by atoms with Gasteiger partial charge in [-0.15, -0.1) is 0 Å². The van der Waals surface area contributed by atoms with Gasteiger partial charge in [-0.05, 0) is 32.9 Å². The third-order valence-electron chi connectivity index (χ3n) is 5.75. The Balaban J connectivity index is 1.52. The van der Waals surface area contributed by atoms with Gasteiger partial charge in [0.15, 0.2) is 5.82 Å². The highest BCUT2D eigenvalue weighted by molar-refractivity contribution is 6.30. The lowest BCUT2D eigenvalue weighted by Gasteiger charge is -2.38. The number of ether oxygens (including phenoxy) is 1. The Labute approximate surface area is 214 Å². The van der Waals surface area contributed by atoms with Crippen molar-refractivity contribution in [3.05, 3.63) is 46.1 Å². The van der Waals surface area contributed by atoms with Crippen LogP contribution in [0, 0.1) is 0 Å². The average Bonchev–Trinajstić information content (AvgIpc) is 3.19. The SMILES string of the molecule is CC(C)(C)OC(=O)NC1CN(c2nc(Cl)cc3[nH]c(-c4cc5cnccc5[nH]c4=O)nc23)CC(F)(F)C1. The van der Waals surface area contributed by atoms with Crippen LogP contribution in [-0.4, -0.2) is 61.7 Å². The second-order valence-corrected chi connectivity index (χ2v) is 10.4.